The number of aliphatic hydroxyl groups excluding tert-OH is 4. The van der Waals surface area contributed by atoms with E-state index >= 15 is 0 Å². The Labute approximate surface area is 203 Å². The van der Waals surface area contributed by atoms with Gasteiger partial charge in [-0.25, -0.2) is 4.42 Å². The molecular weight excluding hydrogens is 492 g/mol. The molecule has 1 aromatic heterocycles. The Kier molecular flexibility index (Phi) is 7.65. The Bertz CT molecular complexity index is 1220. The number of hydrogen-bond donors (Lipinski definition) is 8. The summed E-state index contributed by atoms with van der Waals surface area (Å²) in [5.41, 5.74) is 0.136. The highest BCUT2D eigenvalue weighted by Gasteiger charge is 2.45. The van der Waals surface area contributed by atoms with Crippen molar-refractivity contribution in [3.8, 4) is 45.8 Å². The first-order chi connectivity index (χ1) is 16.1. The molecule has 2 heterocycles. The molecular formula is C22H23ClO12. The van der Waals surface area contributed by atoms with Crippen LogP contribution in [0.4, 0.5) is 0 Å². The van der Waals surface area contributed by atoms with Crippen LogP contribution in [-0.2, 0) is 4.74 Å². The summed E-state index contributed by atoms with van der Waals surface area (Å²) < 4.78 is 22.0. The van der Waals surface area contributed by atoms with Gasteiger partial charge in [0.2, 0.25) is 17.8 Å². The van der Waals surface area contributed by atoms with Gasteiger partial charge in [-0.15, -0.1) is 0 Å². The van der Waals surface area contributed by atoms with E-state index in [1.54, 1.807) is 0 Å². The molecule has 5 atom stereocenters. The lowest BCUT2D eigenvalue weighted by Crippen LogP contribution is -3.00. The second-order valence-corrected chi connectivity index (χ2v) is 7.68. The summed E-state index contributed by atoms with van der Waals surface area (Å²) in [5.74, 6) is -2.12. The number of benzene rings is 2. The molecule has 1 aliphatic heterocycles. The lowest BCUT2D eigenvalue weighted by Gasteiger charge is -2.39. The van der Waals surface area contributed by atoms with E-state index < -0.39 is 48.8 Å². The van der Waals surface area contributed by atoms with Crippen molar-refractivity contribution in [2.45, 2.75) is 30.7 Å². The summed E-state index contributed by atoms with van der Waals surface area (Å²) in [7, 11) is 1.26. The Morgan fingerprint density at radius 2 is 1.60 bits per heavy atom. The van der Waals surface area contributed by atoms with Crippen LogP contribution in [0, 0.1) is 0 Å². The van der Waals surface area contributed by atoms with Crippen LogP contribution in [0.1, 0.15) is 0 Å². The molecule has 35 heavy (non-hydrogen) atoms. The SMILES string of the molecule is COc1cc(-c2[o+]c3cc(O)cc(O)c3cc2O[C@@H]2O[C@H](CO)[C@H](O)[C@H](O)[C@H]2O)cc(O)c1O.[Cl-]. The maximum atomic E-state index is 10.4. The summed E-state index contributed by atoms with van der Waals surface area (Å²) >= 11 is 0. The zero-order valence-corrected chi connectivity index (χ0v) is 18.8. The van der Waals surface area contributed by atoms with Gasteiger partial charge in [-0.3, -0.25) is 0 Å². The highest BCUT2D eigenvalue weighted by molar-refractivity contribution is 5.88. The van der Waals surface area contributed by atoms with E-state index in [-0.39, 0.29) is 57.7 Å². The smallest absolute Gasteiger partial charge is 0.402 e. The Balaban J connectivity index is 0.00000342. The van der Waals surface area contributed by atoms with Gasteiger partial charge >= 0.3 is 11.3 Å². The van der Waals surface area contributed by atoms with E-state index in [1.807, 2.05) is 0 Å². The first-order valence-corrected chi connectivity index (χ1v) is 10.0. The molecule has 3 aromatic rings. The highest BCUT2D eigenvalue weighted by Crippen LogP contribution is 2.45. The van der Waals surface area contributed by atoms with Crippen LogP contribution in [0.3, 0.4) is 0 Å². The number of halogens is 1. The molecule has 13 heteroatoms. The van der Waals surface area contributed by atoms with Gasteiger partial charge in [-0.1, -0.05) is 0 Å². The minimum absolute atomic E-state index is 0. The minimum atomic E-state index is -1.74. The predicted octanol–water partition coefficient (Wildman–Crippen LogP) is -2.61. The molecule has 190 valence electrons. The molecule has 12 nitrogen and oxygen atoms in total. The monoisotopic (exact) mass is 514 g/mol. The predicted molar refractivity (Wildman–Crippen MR) is 114 cm³/mol. The number of ether oxygens (including phenoxy) is 3. The topological polar surface area (TPSA) is 201 Å². The largest absolute Gasteiger partial charge is 1.00 e. The second kappa shape index (κ2) is 10.2. The number of methoxy groups -OCH3 is 1. The van der Waals surface area contributed by atoms with Crippen molar-refractivity contribution in [1.29, 1.82) is 0 Å². The number of rotatable bonds is 5. The Hall–Kier alpha value is -3.26. The van der Waals surface area contributed by atoms with Crippen molar-refractivity contribution in [3.63, 3.8) is 0 Å². The number of phenolic OH excluding ortho intramolecular Hbond substituents is 4. The third-order valence-corrected chi connectivity index (χ3v) is 5.44. The fourth-order valence-corrected chi connectivity index (χ4v) is 3.64. The van der Waals surface area contributed by atoms with Crippen LogP contribution >= 0.6 is 0 Å². The van der Waals surface area contributed by atoms with Crippen LogP contribution < -0.4 is 21.9 Å². The molecule has 1 saturated heterocycles. The van der Waals surface area contributed by atoms with Crippen molar-refractivity contribution in [2.75, 3.05) is 13.7 Å². The van der Waals surface area contributed by atoms with E-state index in [1.165, 1.54) is 25.3 Å². The van der Waals surface area contributed by atoms with Gasteiger partial charge in [0.25, 0.3) is 0 Å². The molecule has 8 N–H and O–H groups in total. The van der Waals surface area contributed by atoms with Crippen molar-refractivity contribution in [1.82, 2.24) is 0 Å². The average Bonchev–Trinajstić information content (AvgIpc) is 2.81. The summed E-state index contributed by atoms with van der Waals surface area (Å²) in [6.07, 6.45) is -7.88. The van der Waals surface area contributed by atoms with Crippen molar-refractivity contribution in [2.24, 2.45) is 0 Å². The van der Waals surface area contributed by atoms with Crippen LogP contribution in [0.2, 0.25) is 0 Å². The third-order valence-electron chi connectivity index (χ3n) is 5.44. The highest BCUT2D eigenvalue weighted by atomic mass is 35.5. The zero-order chi connectivity index (χ0) is 24.7. The lowest BCUT2D eigenvalue weighted by molar-refractivity contribution is -0.277. The van der Waals surface area contributed by atoms with E-state index in [4.69, 9.17) is 18.6 Å². The summed E-state index contributed by atoms with van der Waals surface area (Å²) in [6, 6.07) is 6.01. The quantitative estimate of drug-likeness (QED) is 0.130. The fourth-order valence-electron chi connectivity index (χ4n) is 3.64. The number of fused-ring (bicyclic) bond motifs is 1. The standard InChI is InChI=1S/C22H22O12.ClH/c1-31-14-3-8(2-12(26)17(14)27)21-15(6-10-11(25)4-9(24)5-13(10)32-21)33-22-20(30)19(29)18(28)16(7-23)34-22;/h2-6,16,18-20,22-23,28-30H,7H2,1H3,(H3-,24,25,26,27);1H/t16-,18+,19+,20-,22-;/m1./s1. The molecule has 0 spiro atoms. The van der Waals surface area contributed by atoms with Gasteiger partial charge in [-0.2, -0.15) is 0 Å². The van der Waals surface area contributed by atoms with Crippen molar-refractivity contribution >= 4 is 11.0 Å². The Morgan fingerprint density at radius 3 is 2.26 bits per heavy atom. The number of aliphatic hydroxyl groups is 4. The van der Waals surface area contributed by atoms with Crippen LogP contribution in [-0.4, -0.2) is 85.3 Å². The molecule has 4 rings (SSSR count). The molecule has 0 radical (unpaired) electrons. The van der Waals surface area contributed by atoms with Gasteiger partial charge < -0.3 is 67.5 Å². The van der Waals surface area contributed by atoms with Gasteiger partial charge in [0.15, 0.2) is 11.5 Å². The van der Waals surface area contributed by atoms with Crippen LogP contribution in [0.25, 0.3) is 22.3 Å². The van der Waals surface area contributed by atoms with Gasteiger partial charge in [0, 0.05) is 24.3 Å². The molecule has 1 aliphatic rings. The maximum absolute atomic E-state index is 10.4. The van der Waals surface area contributed by atoms with E-state index in [9.17, 15) is 40.9 Å². The summed E-state index contributed by atoms with van der Waals surface area (Å²) in [6.45, 7) is -0.678. The minimum Gasteiger partial charge on any atom is -1.00 e. The lowest BCUT2D eigenvalue weighted by atomic mass is 9.99. The molecule has 0 unspecified atom stereocenters. The summed E-state index contributed by atoms with van der Waals surface area (Å²) in [5, 5.41) is 80.1. The van der Waals surface area contributed by atoms with Gasteiger partial charge in [-0.05, 0) is 0 Å². The fraction of sp³-hybridized carbons (Fsp3) is 0.318. The van der Waals surface area contributed by atoms with E-state index in [0.29, 0.717) is 0 Å². The Morgan fingerprint density at radius 1 is 0.886 bits per heavy atom. The van der Waals surface area contributed by atoms with Crippen molar-refractivity contribution in [3.05, 3.63) is 30.3 Å². The molecule has 0 bridgehead atoms. The normalized spacial score (nSPS) is 24.1. The van der Waals surface area contributed by atoms with Crippen molar-refractivity contribution < 1.29 is 71.9 Å². The van der Waals surface area contributed by atoms with Gasteiger partial charge in [0.05, 0.1) is 25.3 Å². The van der Waals surface area contributed by atoms with Gasteiger partial charge in [0.1, 0.15) is 41.3 Å². The molecule has 2 aromatic carbocycles. The number of phenols is 4. The second-order valence-electron chi connectivity index (χ2n) is 7.68. The first kappa shape index (κ1) is 26.3. The molecule has 1 fully saturated rings. The van der Waals surface area contributed by atoms with E-state index in [0.717, 1.165) is 12.1 Å². The first-order valence-electron chi connectivity index (χ1n) is 10.0. The molecule has 0 saturated carbocycles. The number of hydrogen-bond acceptors (Lipinski definition) is 11. The number of aromatic hydroxyl groups is 4. The average molecular weight is 515 g/mol. The van der Waals surface area contributed by atoms with Crippen LogP contribution in [0.15, 0.2) is 34.7 Å². The van der Waals surface area contributed by atoms with Crippen LogP contribution in [0.5, 0.6) is 34.5 Å². The summed E-state index contributed by atoms with van der Waals surface area (Å²) in [4.78, 5) is 0. The molecule has 0 amide bonds. The maximum Gasteiger partial charge on any atom is 0.402 e. The van der Waals surface area contributed by atoms with E-state index in [2.05, 4.69) is 0 Å². The molecule has 0 aliphatic carbocycles. The third kappa shape index (κ3) is 4.80. The zero-order valence-electron chi connectivity index (χ0n) is 18.1.